The molecule has 0 fully saturated rings. The number of carbonyl (C=O) groups is 1. The lowest BCUT2D eigenvalue weighted by Crippen LogP contribution is -2.16. The van der Waals surface area contributed by atoms with Crippen molar-refractivity contribution in [3.8, 4) is 0 Å². The Morgan fingerprint density at radius 2 is 1.71 bits per heavy atom. The molecule has 2 heteroatoms. The van der Waals surface area contributed by atoms with Gasteiger partial charge in [0.05, 0.1) is 0 Å². The zero-order valence-electron chi connectivity index (χ0n) is 10.9. The van der Waals surface area contributed by atoms with E-state index in [2.05, 4.69) is 45.0 Å². The third kappa shape index (κ3) is 4.59. The van der Waals surface area contributed by atoms with E-state index in [1.807, 2.05) is 0 Å². The van der Waals surface area contributed by atoms with Gasteiger partial charge < -0.3 is 5.11 Å². The number of carboxylic acids is 1. The van der Waals surface area contributed by atoms with Crippen LogP contribution < -0.4 is 0 Å². The van der Waals surface area contributed by atoms with Crippen molar-refractivity contribution in [3.63, 3.8) is 0 Å². The fourth-order valence-electron chi connectivity index (χ4n) is 1.98. The number of carboxylic acid groups (broad SMARTS) is 1. The molecule has 0 heterocycles. The largest absolute Gasteiger partial charge is 0.481 e. The maximum absolute atomic E-state index is 10.8. The zero-order chi connectivity index (χ0) is 12.8. The van der Waals surface area contributed by atoms with E-state index in [-0.39, 0.29) is 12.3 Å². The predicted molar refractivity (Wildman–Crippen MR) is 70.1 cm³/mol. The summed E-state index contributed by atoms with van der Waals surface area (Å²) in [6, 6.07) is 8.51. The van der Waals surface area contributed by atoms with Crippen molar-refractivity contribution in [3.05, 3.63) is 35.4 Å². The van der Waals surface area contributed by atoms with Crippen molar-refractivity contribution >= 4 is 5.97 Å². The Hall–Kier alpha value is -1.31. The number of benzene rings is 1. The molecule has 1 aromatic rings. The average molecular weight is 234 g/mol. The van der Waals surface area contributed by atoms with Crippen LogP contribution in [0.2, 0.25) is 0 Å². The van der Waals surface area contributed by atoms with Gasteiger partial charge in [-0.2, -0.15) is 0 Å². The number of rotatable bonds is 6. The lowest BCUT2D eigenvalue weighted by Gasteiger charge is -2.19. The normalized spacial score (nSPS) is 12.7. The Labute approximate surface area is 104 Å². The second-order valence-electron chi connectivity index (χ2n) is 4.98. The van der Waals surface area contributed by atoms with Gasteiger partial charge in [0.15, 0.2) is 0 Å². The first kappa shape index (κ1) is 13.8. The van der Waals surface area contributed by atoms with E-state index in [0.29, 0.717) is 5.92 Å². The summed E-state index contributed by atoms with van der Waals surface area (Å²) in [6.45, 7) is 6.32. The molecular weight excluding hydrogens is 212 g/mol. The van der Waals surface area contributed by atoms with Gasteiger partial charge >= 0.3 is 5.97 Å². The van der Waals surface area contributed by atoms with Gasteiger partial charge in [0, 0.05) is 6.42 Å². The van der Waals surface area contributed by atoms with E-state index < -0.39 is 5.97 Å². The minimum Gasteiger partial charge on any atom is -0.481 e. The molecule has 0 aliphatic rings. The number of aliphatic carboxylic acids is 1. The highest BCUT2D eigenvalue weighted by molar-refractivity contribution is 5.67. The SMILES string of the molecule is CCc1ccc(CC(CC(=O)O)C(C)C)cc1. The van der Waals surface area contributed by atoms with Gasteiger partial charge in [-0.15, -0.1) is 0 Å². The molecule has 17 heavy (non-hydrogen) atoms. The second kappa shape index (κ2) is 6.43. The Morgan fingerprint density at radius 3 is 2.12 bits per heavy atom. The van der Waals surface area contributed by atoms with Crippen molar-refractivity contribution in [1.29, 1.82) is 0 Å². The summed E-state index contributed by atoms with van der Waals surface area (Å²) in [6.07, 6.45) is 2.16. The number of hydrogen-bond acceptors (Lipinski definition) is 1. The highest BCUT2D eigenvalue weighted by atomic mass is 16.4. The lowest BCUT2D eigenvalue weighted by atomic mass is 9.86. The topological polar surface area (TPSA) is 37.3 Å². The molecule has 0 saturated heterocycles. The third-order valence-electron chi connectivity index (χ3n) is 3.31. The highest BCUT2D eigenvalue weighted by Gasteiger charge is 2.17. The molecule has 0 aliphatic carbocycles. The van der Waals surface area contributed by atoms with E-state index in [1.165, 1.54) is 11.1 Å². The second-order valence-corrected chi connectivity index (χ2v) is 4.98. The van der Waals surface area contributed by atoms with Crippen LogP contribution in [0.1, 0.15) is 38.3 Å². The molecule has 0 bridgehead atoms. The smallest absolute Gasteiger partial charge is 0.303 e. The molecule has 0 spiro atoms. The van der Waals surface area contributed by atoms with E-state index in [9.17, 15) is 4.79 Å². The van der Waals surface area contributed by atoms with E-state index >= 15 is 0 Å². The first-order chi connectivity index (χ1) is 8.02. The molecule has 2 nitrogen and oxygen atoms in total. The molecule has 1 rings (SSSR count). The van der Waals surface area contributed by atoms with Gasteiger partial charge in [-0.3, -0.25) is 4.79 Å². The number of hydrogen-bond donors (Lipinski definition) is 1. The summed E-state index contributed by atoms with van der Waals surface area (Å²) in [4.78, 5) is 10.8. The molecule has 1 atom stereocenters. The molecule has 94 valence electrons. The summed E-state index contributed by atoms with van der Waals surface area (Å²) in [5, 5.41) is 8.89. The van der Waals surface area contributed by atoms with Crippen LogP contribution in [0.5, 0.6) is 0 Å². The molecule has 1 N–H and O–H groups in total. The van der Waals surface area contributed by atoms with Crippen molar-refractivity contribution in [2.75, 3.05) is 0 Å². The lowest BCUT2D eigenvalue weighted by molar-refractivity contribution is -0.138. The van der Waals surface area contributed by atoms with Crippen LogP contribution >= 0.6 is 0 Å². The van der Waals surface area contributed by atoms with Gasteiger partial charge in [-0.05, 0) is 35.8 Å². The molecule has 0 aliphatic heterocycles. The van der Waals surface area contributed by atoms with Crippen LogP contribution in [-0.4, -0.2) is 11.1 Å². The number of aryl methyl sites for hydroxylation is 1. The highest BCUT2D eigenvalue weighted by Crippen LogP contribution is 2.21. The molecule has 0 aromatic heterocycles. The van der Waals surface area contributed by atoms with Crippen LogP contribution in [0.4, 0.5) is 0 Å². The summed E-state index contributed by atoms with van der Waals surface area (Å²) < 4.78 is 0. The monoisotopic (exact) mass is 234 g/mol. The Morgan fingerprint density at radius 1 is 1.18 bits per heavy atom. The van der Waals surface area contributed by atoms with Gasteiger partial charge in [-0.1, -0.05) is 45.0 Å². The van der Waals surface area contributed by atoms with Crippen molar-refractivity contribution in [1.82, 2.24) is 0 Å². The van der Waals surface area contributed by atoms with Gasteiger partial charge in [0.1, 0.15) is 0 Å². The summed E-state index contributed by atoms with van der Waals surface area (Å²) in [7, 11) is 0. The Kier molecular flexibility index (Phi) is 5.20. The Balaban J connectivity index is 2.68. The van der Waals surface area contributed by atoms with E-state index in [1.54, 1.807) is 0 Å². The minimum absolute atomic E-state index is 0.222. The average Bonchev–Trinajstić information content (AvgIpc) is 2.28. The molecule has 0 radical (unpaired) electrons. The van der Waals surface area contributed by atoms with Crippen LogP contribution in [0.25, 0.3) is 0 Å². The van der Waals surface area contributed by atoms with Crippen LogP contribution in [0.3, 0.4) is 0 Å². The van der Waals surface area contributed by atoms with Gasteiger partial charge in [0.25, 0.3) is 0 Å². The molecule has 0 amide bonds. The summed E-state index contributed by atoms with van der Waals surface area (Å²) in [5.41, 5.74) is 2.57. The quantitative estimate of drug-likeness (QED) is 0.817. The van der Waals surface area contributed by atoms with Crippen molar-refractivity contribution in [2.45, 2.75) is 40.0 Å². The van der Waals surface area contributed by atoms with Crippen molar-refractivity contribution < 1.29 is 9.90 Å². The summed E-state index contributed by atoms with van der Waals surface area (Å²) in [5.74, 6) is -0.0780. The summed E-state index contributed by atoms with van der Waals surface area (Å²) >= 11 is 0. The molecule has 1 aromatic carbocycles. The predicted octanol–water partition coefficient (Wildman–Crippen LogP) is 3.54. The third-order valence-corrected chi connectivity index (χ3v) is 3.31. The maximum atomic E-state index is 10.8. The first-order valence-electron chi connectivity index (χ1n) is 6.32. The fraction of sp³-hybridized carbons (Fsp3) is 0.533. The van der Waals surface area contributed by atoms with Crippen LogP contribution in [0.15, 0.2) is 24.3 Å². The molecule has 0 saturated carbocycles. The van der Waals surface area contributed by atoms with Gasteiger partial charge in [-0.25, -0.2) is 0 Å². The van der Waals surface area contributed by atoms with E-state index in [0.717, 1.165) is 12.8 Å². The zero-order valence-corrected chi connectivity index (χ0v) is 10.9. The Bertz CT molecular complexity index is 352. The maximum Gasteiger partial charge on any atom is 0.303 e. The van der Waals surface area contributed by atoms with Crippen molar-refractivity contribution in [2.24, 2.45) is 11.8 Å². The molecular formula is C15H22O2. The molecule has 1 unspecified atom stereocenters. The minimum atomic E-state index is -0.700. The van der Waals surface area contributed by atoms with Crippen LogP contribution in [-0.2, 0) is 17.6 Å². The first-order valence-corrected chi connectivity index (χ1v) is 6.32. The standard InChI is InChI=1S/C15H22O2/c1-4-12-5-7-13(8-6-12)9-14(11(2)3)10-15(16)17/h5-8,11,14H,4,9-10H2,1-3H3,(H,16,17). The van der Waals surface area contributed by atoms with Gasteiger partial charge in [0.2, 0.25) is 0 Å². The van der Waals surface area contributed by atoms with E-state index in [4.69, 9.17) is 5.11 Å². The van der Waals surface area contributed by atoms with Crippen LogP contribution in [0, 0.1) is 11.8 Å². The fourth-order valence-corrected chi connectivity index (χ4v) is 1.98.